The predicted octanol–water partition coefficient (Wildman–Crippen LogP) is 2.33. The summed E-state index contributed by atoms with van der Waals surface area (Å²) in [6, 6.07) is 4.76. The van der Waals surface area contributed by atoms with E-state index < -0.39 is 0 Å². The number of carbonyl (C=O) groups excluding carboxylic acids is 2. The molecule has 5 rings (SSSR count). The van der Waals surface area contributed by atoms with Gasteiger partial charge in [-0.25, -0.2) is 0 Å². The summed E-state index contributed by atoms with van der Waals surface area (Å²) >= 11 is 13.5. The van der Waals surface area contributed by atoms with Gasteiger partial charge in [-0.1, -0.05) is 23.2 Å². The monoisotopic (exact) mass is 429 g/mol. The van der Waals surface area contributed by atoms with Crippen LogP contribution >= 0.6 is 35.0 Å². The Labute approximate surface area is 172 Å². The molecule has 3 aliphatic carbocycles. The van der Waals surface area contributed by atoms with Crippen LogP contribution in [0.2, 0.25) is 10.0 Å². The number of amides is 2. The number of benzene rings is 1. The minimum absolute atomic E-state index is 0.0643. The lowest BCUT2D eigenvalue weighted by Crippen LogP contribution is -2.84. The van der Waals surface area contributed by atoms with E-state index in [1.807, 2.05) is 0 Å². The van der Waals surface area contributed by atoms with Gasteiger partial charge in [0, 0.05) is 22.9 Å². The van der Waals surface area contributed by atoms with Crippen LogP contribution in [0.15, 0.2) is 18.2 Å². The highest BCUT2D eigenvalue weighted by molar-refractivity contribution is 8.00. The average Bonchev–Trinajstić information content (AvgIpc) is 2.99. The Balaban J connectivity index is 1.20. The van der Waals surface area contributed by atoms with E-state index in [2.05, 4.69) is 22.9 Å². The van der Waals surface area contributed by atoms with Crippen molar-refractivity contribution in [3.05, 3.63) is 28.2 Å². The maximum absolute atomic E-state index is 12.3. The summed E-state index contributed by atoms with van der Waals surface area (Å²) in [7, 11) is 0. The van der Waals surface area contributed by atoms with Crippen LogP contribution in [-0.2, 0) is 9.59 Å². The molecule has 3 N–H and O–H groups in total. The van der Waals surface area contributed by atoms with Gasteiger partial charge in [0.25, 0.3) is 5.91 Å². The lowest BCUT2D eigenvalue weighted by Gasteiger charge is -2.70. The van der Waals surface area contributed by atoms with Crippen LogP contribution < -0.4 is 20.7 Å². The minimum Gasteiger partial charge on any atom is -0.484 e. The molecule has 2 atom stereocenters. The fourth-order valence-electron chi connectivity index (χ4n) is 4.22. The molecule has 1 heterocycles. The summed E-state index contributed by atoms with van der Waals surface area (Å²) in [5, 5.41) is 10.6. The van der Waals surface area contributed by atoms with Gasteiger partial charge in [-0.2, -0.15) is 0 Å². The molecule has 1 aromatic carbocycles. The molecule has 1 aliphatic heterocycles. The maximum Gasteiger partial charge on any atom is 0.258 e. The second-order valence-corrected chi connectivity index (χ2v) is 9.88. The van der Waals surface area contributed by atoms with E-state index in [4.69, 9.17) is 27.9 Å². The Kier molecular flexibility index (Phi) is 4.99. The lowest BCUT2D eigenvalue weighted by atomic mass is 9.44. The van der Waals surface area contributed by atoms with Crippen molar-refractivity contribution in [2.45, 2.75) is 48.7 Å². The summed E-state index contributed by atoms with van der Waals surface area (Å²) < 4.78 is 5.47. The van der Waals surface area contributed by atoms with E-state index >= 15 is 0 Å². The molecule has 9 heteroatoms. The Hall–Kier alpha value is -1.15. The molecule has 0 radical (unpaired) electrons. The van der Waals surface area contributed by atoms with Crippen molar-refractivity contribution >= 4 is 46.8 Å². The van der Waals surface area contributed by atoms with Gasteiger partial charge >= 0.3 is 0 Å². The van der Waals surface area contributed by atoms with Crippen molar-refractivity contribution in [1.29, 1.82) is 0 Å². The Morgan fingerprint density at radius 3 is 2.56 bits per heavy atom. The van der Waals surface area contributed by atoms with Crippen LogP contribution in [0, 0.1) is 0 Å². The predicted molar refractivity (Wildman–Crippen MR) is 106 cm³/mol. The number of hydrogen-bond donors (Lipinski definition) is 3. The van der Waals surface area contributed by atoms with Crippen LogP contribution in [0.3, 0.4) is 0 Å². The van der Waals surface area contributed by atoms with Crippen LogP contribution in [0.4, 0.5) is 0 Å². The summed E-state index contributed by atoms with van der Waals surface area (Å²) in [6.45, 7) is 1.98. The molecule has 0 aromatic heterocycles. The van der Waals surface area contributed by atoms with Crippen LogP contribution in [0.25, 0.3) is 0 Å². The van der Waals surface area contributed by atoms with E-state index in [-0.39, 0.29) is 35.5 Å². The van der Waals surface area contributed by atoms with Gasteiger partial charge in [0.2, 0.25) is 5.91 Å². The highest BCUT2D eigenvalue weighted by Crippen LogP contribution is 2.60. The topological polar surface area (TPSA) is 79.5 Å². The van der Waals surface area contributed by atoms with Gasteiger partial charge in [0.1, 0.15) is 5.75 Å². The normalized spacial score (nSPS) is 33.6. The van der Waals surface area contributed by atoms with Gasteiger partial charge < -0.3 is 15.4 Å². The third-order valence-corrected chi connectivity index (χ3v) is 7.25. The fourth-order valence-corrected chi connectivity index (χ4v) is 5.50. The molecule has 2 bridgehead atoms. The molecular weight excluding hydrogens is 409 g/mol. The zero-order valence-electron chi connectivity index (χ0n) is 14.8. The number of rotatable bonds is 6. The zero-order chi connectivity index (χ0) is 19.2. The summed E-state index contributed by atoms with van der Waals surface area (Å²) in [4.78, 5) is 24.5. The zero-order valence-corrected chi connectivity index (χ0v) is 17.1. The first-order chi connectivity index (χ1) is 12.8. The SMILES string of the molecule is CC1NC(C(=O)NC23CC(NC(=O)COc4ccc(Cl)c(Cl)c4)(C2)C3)CS1. The highest BCUT2D eigenvalue weighted by Gasteiger charge is 2.69. The average molecular weight is 430 g/mol. The standard InChI is InChI=1S/C18H21Cl2N3O3S/c1-10-21-14(6-27-10)16(25)23-18-7-17(8-18,9-18)22-15(24)5-26-11-2-3-12(19)13(20)4-11/h2-4,10,14,21H,5-9H2,1H3,(H,22,24)(H,23,25). The molecular formula is C18H21Cl2N3O3S. The van der Waals surface area contributed by atoms with Crippen molar-refractivity contribution in [2.75, 3.05) is 12.4 Å². The lowest BCUT2D eigenvalue weighted by molar-refractivity contribution is -0.151. The van der Waals surface area contributed by atoms with Crippen molar-refractivity contribution in [2.24, 2.45) is 0 Å². The van der Waals surface area contributed by atoms with Gasteiger partial charge in [-0.3, -0.25) is 14.9 Å². The smallest absolute Gasteiger partial charge is 0.258 e. The molecule has 3 saturated carbocycles. The Bertz CT molecular complexity index is 771. The van der Waals surface area contributed by atoms with E-state index in [1.165, 1.54) is 0 Å². The number of halogens is 2. The van der Waals surface area contributed by atoms with E-state index in [0.29, 0.717) is 21.2 Å². The second-order valence-electron chi connectivity index (χ2n) is 7.69. The van der Waals surface area contributed by atoms with Crippen LogP contribution in [-0.4, -0.2) is 46.7 Å². The molecule has 2 unspecified atom stereocenters. The van der Waals surface area contributed by atoms with Gasteiger partial charge in [0.15, 0.2) is 6.61 Å². The molecule has 4 fully saturated rings. The van der Waals surface area contributed by atoms with E-state index in [0.717, 1.165) is 25.0 Å². The summed E-state index contributed by atoms with van der Waals surface area (Å²) in [6.07, 6.45) is 2.33. The van der Waals surface area contributed by atoms with Crippen molar-refractivity contribution < 1.29 is 14.3 Å². The van der Waals surface area contributed by atoms with Gasteiger partial charge in [0.05, 0.1) is 21.5 Å². The third kappa shape index (κ3) is 3.88. The molecule has 4 aliphatic rings. The third-order valence-electron chi connectivity index (χ3n) is 5.35. The highest BCUT2D eigenvalue weighted by atomic mass is 35.5. The van der Waals surface area contributed by atoms with Crippen LogP contribution in [0.1, 0.15) is 26.2 Å². The number of thioether (sulfide) groups is 1. The number of nitrogens with one attached hydrogen (secondary N) is 3. The fraction of sp³-hybridized carbons (Fsp3) is 0.556. The molecule has 1 aromatic rings. The molecule has 2 amide bonds. The second kappa shape index (κ2) is 7.03. The Morgan fingerprint density at radius 2 is 1.93 bits per heavy atom. The van der Waals surface area contributed by atoms with Gasteiger partial charge in [-0.15, -0.1) is 11.8 Å². The largest absolute Gasteiger partial charge is 0.484 e. The molecule has 0 spiro atoms. The van der Waals surface area contributed by atoms with E-state index in [9.17, 15) is 9.59 Å². The Morgan fingerprint density at radius 1 is 1.22 bits per heavy atom. The molecule has 1 saturated heterocycles. The van der Waals surface area contributed by atoms with Crippen molar-refractivity contribution in [1.82, 2.24) is 16.0 Å². The molecule has 27 heavy (non-hydrogen) atoms. The first kappa shape index (κ1) is 19.2. The summed E-state index contributed by atoms with van der Waals surface area (Å²) in [5.74, 6) is 1.19. The first-order valence-corrected chi connectivity index (χ1v) is 10.7. The summed E-state index contributed by atoms with van der Waals surface area (Å²) in [5.41, 5.74) is -0.344. The van der Waals surface area contributed by atoms with Crippen LogP contribution in [0.5, 0.6) is 5.75 Å². The number of ether oxygens (including phenoxy) is 1. The van der Waals surface area contributed by atoms with Gasteiger partial charge in [-0.05, 0) is 38.3 Å². The van der Waals surface area contributed by atoms with Crippen molar-refractivity contribution in [3.8, 4) is 5.75 Å². The minimum atomic E-state index is -0.198. The maximum atomic E-state index is 12.3. The molecule has 6 nitrogen and oxygen atoms in total. The first-order valence-electron chi connectivity index (χ1n) is 8.87. The van der Waals surface area contributed by atoms with E-state index in [1.54, 1.807) is 30.0 Å². The number of hydrogen-bond acceptors (Lipinski definition) is 5. The van der Waals surface area contributed by atoms with Crippen molar-refractivity contribution in [3.63, 3.8) is 0 Å². The number of carbonyl (C=O) groups is 2. The molecule has 146 valence electrons. The quantitative estimate of drug-likeness (QED) is 0.646.